The third-order valence-corrected chi connectivity index (χ3v) is 13.7. The van der Waals surface area contributed by atoms with E-state index < -0.39 is 55.6 Å². The summed E-state index contributed by atoms with van der Waals surface area (Å²) in [6.07, 6.45) is 13.0. The fraction of sp³-hybridized carbons (Fsp3) is 0.440. The van der Waals surface area contributed by atoms with Crippen molar-refractivity contribution >= 4 is 38.9 Å². The molecule has 0 bridgehead atoms. The van der Waals surface area contributed by atoms with E-state index in [2.05, 4.69) is 48.1 Å². The zero-order valence-corrected chi connectivity index (χ0v) is 37.9. The van der Waals surface area contributed by atoms with Gasteiger partial charge in [0.25, 0.3) is 0 Å². The van der Waals surface area contributed by atoms with Gasteiger partial charge in [0.15, 0.2) is 11.2 Å². The van der Waals surface area contributed by atoms with Crippen molar-refractivity contribution in [3.63, 3.8) is 0 Å². The fourth-order valence-electron chi connectivity index (χ4n) is 11.1. The molecule has 2 saturated carbocycles. The Hall–Kier alpha value is -4.84. The molecule has 0 radical (unpaired) electrons. The van der Waals surface area contributed by atoms with Crippen LogP contribution in [0.15, 0.2) is 109 Å². The number of ether oxygens (including phenoxy) is 2. The van der Waals surface area contributed by atoms with Crippen LogP contribution in [0, 0.1) is 41.4 Å². The second kappa shape index (κ2) is 19.7. The van der Waals surface area contributed by atoms with E-state index in [0.717, 1.165) is 40.8 Å². The molecule has 4 aliphatic rings. The minimum atomic E-state index is -1.66. The number of allylic oxidation sites excluding steroid dienone is 1. The molecule has 2 aromatic carbocycles. The molecule has 2 aliphatic carbocycles. The van der Waals surface area contributed by atoms with E-state index in [4.69, 9.17) is 17.1 Å². The van der Waals surface area contributed by atoms with Crippen LogP contribution >= 0.6 is 0 Å². The summed E-state index contributed by atoms with van der Waals surface area (Å²) < 4.78 is 27.7. The Morgan fingerprint density at radius 1 is 0.661 bits per heavy atom. The Balaban J connectivity index is 0.000000195. The number of carbonyl (C=O) groups excluding carboxylic acids is 2. The molecule has 12 heteroatoms. The van der Waals surface area contributed by atoms with Crippen molar-refractivity contribution in [1.82, 2.24) is 9.97 Å². The van der Waals surface area contributed by atoms with Gasteiger partial charge in [-0.3, -0.25) is 9.97 Å². The quantitative estimate of drug-likeness (QED) is 0.116. The van der Waals surface area contributed by atoms with Gasteiger partial charge in [-0.1, -0.05) is 119 Å². The van der Waals surface area contributed by atoms with E-state index in [0.29, 0.717) is 24.5 Å². The molecule has 3 N–H and O–H groups in total. The van der Waals surface area contributed by atoms with Crippen LogP contribution in [0.5, 0.6) is 0 Å². The molecule has 12 atom stereocenters. The molecule has 0 unspecified atom stereocenters. The molecule has 2 saturated heterocycles. The maximum atomic E-state index is 12.4. The Morgan fingerprint density at radius 3 is 1.66 bits per heavy atom. The third-order valence-electron chi connectivity index (χ3n) is 13.7. The van der Waals surface area contributed by atoms with Crippen LogP contribution in [-0.2, 0) is 26.7 Å². The average molecular weight is 910 g/mol. The van der Waals surface area contributed by atoms with Gasteiger partial charge in [0, 0.05) is 29.4 Å². The van der Waals surface area contributed by atoms with Gasteiger partial charge in [-0.25, -0.2) is 9.59 Å². The first-order valence-electron chi connectivity index (χ1n) is 21.6. The van der Waals surface area contributed by atoms with E-state index in [1.807, 2.05) is 99.8 Å². The Labute approximate surface area is 370 Å². The Morgan fingerprint density at radius 2 is 1.16 bits per heavy atom. The third kappa shape index (κ3) is 9.26. The molecule has 2 aliphatic heterocycles. The van der Waals surface area contributed by atoms with Gasteiger partial charge >= 0.3 is 34.4 Å². The number of fused-ring (bicyclic) bond motifs is 2. The second-order valence-electron chi connectivity index (χ2n) is 17.4. The van der Waals surface area contributed by atoms with Crippen LogP contribution in [0.3, 0.4) is 0 Å². The number of hydrogen-bond donors (Lipinski definition) is 3. The number of benzene rings is 2. The van der Waals surface area contributed by atoms with Gasteiger partial charge in [-0.05, 0) is 98.1 Å². The first kappa shape index (κ1) is 46.7. The summed E-state index contributed by atoms with van der Waals surface area (Å²) in [5.74, 6) is -1.41. The fourth-order valence-corrected chi connectivity index (χ4v) is 11.1. The zero-order valence-electron chi connectivity index (χ0n) is 36.2. The number of carbonyl (C=O) groups is 2. The van der Waals surface area contributed by atoms with Crippen LogP contribution in [0.2, 0.25) is 0 Å². The summed E-state index contributed by atoms with van der Waals surface area (Å²) in [4.78, 5) is 33.9. The number of esters is 2. The number of nitrogens with zero attached hydrogens (tertiary/aromatic N) is 2. The van der Waals surface area contributed by atoms with Crippen molar-refractivity contribution in [3.05, 3.63) is 121 Å². The van der Waals surface area contributed by atoms with E-state index in [-0.39, 0.29) is 35.7 Å². The number of aliphatic hydroxyl groups is 3. The first-order chi connectivity index (χ1) is 29.6. The normalized spacial score (nSPS) is 33.6. The van der Waals surface area contributed by atoms with Crippen molar-refractivity contribution < 1.29 is 42.1 Å². The predicted molar refractivity (Wildman–Crippen MR) is 236 cm³/mol. The molecule has 328 valence electrons. The van der Waals surface area contributed by atoms with Crippen LogP contribution < -0.4 is 0 Å². The number of hydrogen-bond acceptors (Lipinski definition) is 11. The summed E-state index contributed by atoms with van der Waals surface area (Å²) in [6, 6.07) is 28.2. The molecule has 4 aromatic rings. The van der Waals surface area contributed by atoms with Crippen LogP contribution in [0.4, 0.5) is 0 Å². The van der Waals surface area contributed by atoms with E-state index in [1.165, 1.54) is 0 Å². The van der Waals surface area contributed by atoms with E-state index >= 15 is 0 Å². The van der Waals surface area contributed by atoms with Crippen LogP contribution in [-0.4, -0.2) is 81.1 Å². The Kier molecular flexibility index (Phi) is 14.8. The number of aromatic nitrogens is 2. The topological polar surface area (TPSA) is 173 Å². The van der Waals surface area contributed by atoms with Crippen molar-refractivity contribution in [2.75, 3.05) is 0 Å². The van der Waals surface area contributed by atoms with Gasteiger partial charge in [-0.15, -0.1) is 0 Å². The van der Waals surface area contributed by atoms with Gasteiger partial charge in [0.05, 0.1) is 22.9 Å². The van der Waals surface area contributed by atoms with Crippen molar-refractivity contribution in [2.45, 2.75) is 96.2 Å². The number of cyclic esters (lactones) is 2. The van der Waals surface area contributed by atoms with Crippen molar-refractivity contribution in [3.8, 4) is 22.3 Å². The van der Waals surface area contributed by atoms with E-state index in [1.54, 1.807) is 25.3 Å². The predicted octanol–water partition coefficient (Wildman–Crippen LogP) is 7.97. The second-order valence-corrected chi connectivity index (χ2v) is 17.7. The minimum absolute atomic E-state index is 0.0304. The summed E-state index contributed by atoms with van der Waals surface area (Å²) in [7, 11) is 0. The van der Waals surface area contributed by atoms with Gasteiger partial charge in [0.1, 0.15) is 12.2 Å². The average Bonchev–Trinajstić information content (AvgIpc) is 3.63. The first-order valence-corrected chi connectivity index (χ1v) is 23.0. The molecule has 0 amide bonds. The monoisotopic (exact) mass is 910 g/mol. The molecule has 0 spiro atoms. The van der Waals surface area contributed by atoms with Crippen LogP contribution in [0.1, 0.15) is 78.6 Å². The molecule has 4 fully saturated rings. The maximum absolute atomic E-state index is 12.4. The molecule has 62 heavy (non-hydrogen) atoms. The standard InChI is InChI=1S/C25H29NO4.C25H29NO3.O2Se/c1-4-21-16(2)14-25(29)22(17(3)30-23(25)27)24(21,28)13-12-20-11-10-19(15-26-20)18-8-6-5-7-9-18;1-4-21-16(2)14-25(28)23(17(3)29-24(25)27)22(21)13-12-20-11-10-19(15-26-20)18-8-6-5-7-9-18;1-3-2/h5-13,15-17,21-22,28-29H,4,14H2,1-3H3;5-13,15-17,21-23,28H,4,14H2,1-3H3;/b2*13-12+;/t16-,17+,21+,22-,24+,25-;16-,17+,21+,22-,23-,25-;/m00./s1. The van der Waals surface area contributed by atoms with E-state index in [9.17, 15) is 24.9 Å². The molecule has 8 rings (SSSR count). The molecular formula is C50H58N2O9Se. The van der Waals surface area contributed by atoms with Gasteiger partial charge in [0.2, 0.25) is 0 Å². The van der Waals surface area contributed by atoms with Gasteiger partial charge < -0.3 is 24.8 Å². The zero-order chi connectivity index (χ0) is 44.8. The SMILES string of the molecule is CC[C@@H]1[C@@H](C)C[C@@]2(O)C(=O)O[C@H](C)[C@H]2[C@@]1(O)/C=C/c1ccc(-c2ccccc2)cn1.CC[C@H]1[C@H](/C=C/c2ccc(-c3ccccc3)cn2)[C@@H]2[C@@H](C)OC(=O)[C@]2(O)C[C@@H]1C.O=[Se]=O. The molecule has 4 heterocycles. The van der Waals surface area contributed by atoms with Crippen LogP contribution in [0.25, 0.3) is 34.4 Å². The van der Waals surface area contributed by atoms with Crippen molar-refractivity contribution in [1.29, 1.82) is 0 Å². The molecular weight excluding hydrogens is 852 g/mol. The molecule has 2 aromatic heterocycles. The summed E-state index contributed by atoms with van der Waals surface area (Å²) in [6.45, 7) is 12.0. The summed E-state index contributed by atoms with van der Waals surface area (Å²) in [5.41, 5.74) is 1.51. The summed E-state index contributed by atoms with van der Waals surface area (Å²) in [5, 5.41) is 34.1. The molecule has 11 nitrogen and oxygen atoms in total. The summed E-state index contributed by atoms with van der Waals surface area (Å²) >= 11 is -1.62. The van der Waals surface area contributed by atoms with Crippen molar-refractivity contribution in [2.24, 2.45) is 41.4 Å². The number of rotatable bonds is 8. The Bertz CT molecular complexity index is 2250. The number of pyridine rings is 2. The van der Waals surface area contributed by atoms with Gasteiger partial charge in [-0.2, -0.15) is 0 Å².